The summed E-state index contributed by atoms with van der Waals surface area (Å²) in [4.78, 5) is 37.7. The summed E-state index contributed by atoms with van der Waals surface area (Å²) in [6.45, 7) is 4.22. The van der Waals surface area contributed by atoms with E-state index in [0.717, 1.165) is 5.56 Å². The van der Waals surface area contributed by atoms with Crippen LogP contribution in [0.4, 0.5) is 4.79 Å². The second-order valence-electron chi connectivity index (χ2n) is 6.08. The van der Waals surface area contributed by atoms with E-state index in [-0.39, 0.29) is 13.0 Å². The van der Waals surface area contributed by atoms with Gasteiger partial charge in [0.05, 0.1) is 0 Å². The predicted molar refractivity (Wildman–Crippen MR) is 100 cm³/mol. The SMILES string of the molecule is C=C(Br)C[C@@H](NC(=O)[C@H]1CCCN1C(=O)OCc1ccccc1)C(N)=O. The normalized spacial score (nSPS) is 17.4. The third-order valence-corrected chi connectivity index (χ3v) is 4.40. The van der Waals surface area contributed by atoms with Gasteiger partial charge >= 0.3 is 6.09 Å². The molecule has 0 aliphatic carbocycles. The maximum absolute atomic E-state index is 12.5. The Balaban J connectivity index is 1.95. The van der Waals surface area contributed by atoms with Crippen molar-refractivity contribution in [1.29, 1.82) is 0 Å². The van der Waals surface area contributed by atoms with Crippen LogP contribution in [-0.2, 0) is 20.9 Å². The molecule has 140 valence electrons. The number of halogens is 1. The fourth-order valence-corrected chi connectivity index (χ4v) is 3.10. The minimum absolute atomic E-state index is 0.137. The number of nitrogens with two attached hydrogens (primary N) is 1. The molecule has 0 unspecified atom stereocenters. The van der Waals surface area contributed by atoms with E-state index in [4.69, 9.17) is 10.5 Å². The molecule has 1 fully saturated rings. The summed E-state index contributed by atoms with van der Waals surface area (Å²) in [7, 11) is 0. The number of benzene rings is 1. The molecule has 1 heterocycles. The average molecular weight is 424 g/mol. The molecular formula is C18H22BrN3O4. The molecule has 7 nitrogen and oxygen atoms in total. The number of carbonyl (C=O) groups excluding carboxylic acids is 3. The van der Waals surface area contributed by atoms with Crippen LogP contribution in [0, 0.1) is 0 Å². The number of likely N-dealkylation sites (tertiary alicyclic amines) is 1. The highest BCUT2D eigenvalue weighted by Gasteiger charge is 2.36. The lowest BCUT2D eigenvalue weighted by molar-refractivity contribution is -0.129. The Morgan fingerprint density at radius 3 is 2.65 bits per heavy atom. The highest BCUT2D eigenvalue weighted by molar-refractivity contribution is 9.11. The third kappa shape index (κ3) is 5.59. The first-order valence-electron chi connectivity index (χ1n) is 8.28. The number of rotatable bonds is 7. The Labute approximate surface area is 160 Å². The van der Waals surface area contributed by atoms with Gasteiger partial charge in [0.15, 0.2) is 0 Å². The van der Waals surface area contributed by atoms with Gasteiger partial charge in [-0.3, -0.25) is 14.5 Å². The van der Waals surface area contributed by atoms with Crippen molar-refractivity contribution in [3.63, 3.8) is 0 Å². The number of hydrogen-bond acceptors (Lipinski definition) is 4. The lowest BCUT2D eigenvalue weighted by Gasteiger charge is -2.25. The second kappa shape index (κ2) is 9.38. The summed E-state index contributed by atoms with van der Waals surface area (Å²) in [6.07, 6.45) is 0.830. The predicted octanol–water partition coefficient (Wildman–Crippen LogP) is 2.06. The largest absolute Gasteiger partial charge is 0.445 e. The minimum atomic E-state index is -0.878. The Hall–Kier alpha value is -2.35. The first kappa shape index (κ1) is 20.0. The average Bonchev–Trinajstić information content (AvgIpc) is 3.09. The maximum Gasteiger partial charge on any atom is 0.410 e. The van der Waals surface area contributed by atoms with Crippen molar-refractivity contribution < 1.29 is 19.1 Å². The zero-order valence-corrected chi connectivity index (χ0v) is 15.9. The van der Waals surface area contributed by atoms with Crippen LogP contribution in [0.15, 0.2) is 41.4 Å². The Morgan fingerprint density at radius 2 is 2.04 bits per heavy atom. The van der Waals surface area contributed by atoms with Crippen LogP contribution in [-0.4, -0.2) is 41.4 Å². The topological polar surface area (TPSA) is 102 Å². The lowest BCUT2D eigenvalue weighted by atomic mass is 10.1. The molecule has 3 amide bonds. The smallest absolute Gasteiger partial charge is 0.410 e. The molecule has 0 bridgehead atoms. The number of hydrogen-bond donors (Lipinski definition) is 2. The first-order valence-corrected chi connectivity index (χ1v) is 9.08. The van der Waals surface area contributed by atoms with E-state index in [1.54, 1.807) is 0 Å². The summed E-state index contributed by atoms with van der Waals surface area (Å²) >= 11 is 3.16. The quantitative estimate of drug-likeness (QED) is 0.700. The van der Waals surface area contributed by atoms with Crippen molar-refractivity contribution >= 4 is 33.8 Å². The van der Waals surface area contributed by atoms with E-state index in [1.165, 1.54) is 4.90 Å². The molecule has 1 saturated heterocycles. The summed E-state index contributed by atoms with van der Waals surface area (Å²) in [5.41, 5.74) is 6.18. The number of primary amides is 1. The lowest BCUT2D eigenvalue weighted by Crippen LogP contribution is -2.52. The van der Waals surface area contributed by atoms with Crippen LogP contribution in [0.3, 0.4) is 0 Å². The van der Waals surface area contributed by atoms with E-state index in [2.05, 4.69) is 27.8 Å². The van der Waals surface area contributed by atoms with Gasteiger partial charge in [0.1, 0.15) is 18.7 Å². The van der Waals surface area contributed by atoms with Crippen molar-refractivity contribution in [1.82, 2.24) is 10.2 Å². The van der Waals surface area contributed by atoms with E-state index in [9.17, 15) is 14.4 Å². The van der Waals surface area contributed by atoms with Gasteiger partial charge in [-0.25, -0.2) is 4.79 Å². The molecule has 1 aliphatic rings. The molecule has 0 saturated carbocycles. The fourth-order valence-electron chi connectivity index (χ4n) is 2.77. The van der Waals surface area contributed by atoms with Crippen LogP contribution in [0.2, 0.25) is 0 Å². The van der Waals surface area contributed by atoms with Crippen LogP contribution >= 0.6 is 15.9 Å². The second-order valence-corrected chi connectivity index (χ2v) is 7.20. The molecule has 1 aliphatic heterocycles. The van der Waals surface area contributed by atoms with Gasteiger partial charge in [-0.15, -0.1) is 0 Å². The van der Waals surface area contributed by atoms with Crippen molar-refractivity contribution in [2.45, 2.75) is 38.0 Å². The van der Waals surface area contributed by atoms with Crippen molar-refractivity contribution in [2.75, 3.05) is 6.54 Å². The third-order valence-electron chi connectivity index (χ3n) is 4.08. The molecule has 0 aromatic heterocycles. The first-order chi connectivity index (χ1) is 12.4. The summed E-state index contributed by atoms with van der Waals surface area (Å²) in [6, 6.07) is 7.75. The van der Waals surface area contributed by atoms with Gasteiger partial charge in [-0.1, -0.05) is 52.8 Å². The Bertz CT molecular complexity index is 680. The van der Waals surface area contributed by atoms with Crippen LogP contribution in [0.25, 0.3) is 0 Å². The highest BCUT2D eigenvalue weighted by atomic mass is 79.9. The van der Waals surface area contributed by atoms with Crippen molar-refractivity contribution in [3.05, 3.63) is 47.0 Å². The van der Waals surface area contributed by atoms with E-state index in [1.807, 2.05) is 30.3 Å². The number of nitrogens with one attached hydrogen (secondary N) is 1. The molecule has 2 atom stereocenters. The minimum Gasteiger partial charge on any atom is -0.445 e. The molecular weight excluding hydrogens is 402 g/mol. The summed E-state index contributed by atoms with van der Waals surface area (Å²) in [5.74, 6) is -1.08. The van der Waals surface area contributed by atoms with E-state index < -0.39 is 30.0 Å². The molecule has 26 heavy (non-hydrogen) atoms. The molecule has 2 rings (SSSR count). The molecule has 1 aromatic carbocycles. The Morgan fingerprint density at radius 1 is 1.35 bits per heavy atom. The van der Waals surface area contributed by atoms with Gasteiger partial charge in [-0.05, 0) is 22.9 Å². The summed E-state index contributed by atoms with van der Waals surface area (Å²) in [5, 5.41) is 2.59. The molecule has 1 aromatic rings. The number of nitrogens with zero attached hydrogens (tertiary/aromatic N) is 1. The van der Waals surface area contributed by atoms with E-state index >= 15 is 0 Å². The maximum atomic E-state index is 12.5. The zero-order chi connectivity index (χ0) is 19.1. The number of amides is 3. The van der Waals surface area contributed by atoms with Gasteiger partial charge in [-0.2, -0.15) is 0 Å². The Kier molecular flexibility index (Phi) is 7.20. The fraction of sp³-hybridized carbons (Fsp3) is 0.389. The molecule has 0 radical (unpaired) electrons. The van der Waals surface area contributed by atoms with Crippen molar-refractivity contribution in [2.24, 2.45) is 5.73 Å². The van der Waals surface area contributed by atoms with E-state index in [0.29, 0.717) is 23.9 Å². The zero-order valence-electron chi connectivity index (χ0n) is 14.3. The van der Waals surface area contributed by atoms with Gasteiger partial charge in [0, 0.05) is 13.0 Å². The summed E-state index contributed by atoms with van der Waals surface area (Å²) < 4.78 is 5.85. The van der Waals surface area contributed by atoms with Gasteiger partial charge < -0.3 is 15.8 Å². The number of ether oxygens (including phenoxy) is 1. The number of carbonyl (C=O) groups is 3. The van der Waals surface area contributed by atoms with Gasteiger partial charge in [0.25, 0.3) is 0 Å². The molecule has 3 N–H and O–H groups in total. The van der Waals surface area contributed by atoms with Crippen molar-refractivity contribution in [3.8, 4) is 0 Å². The molecule has 0 spiro atoms. The monoisotopic (exact) mass is 423 g/mol. The van der Waals surface area contributed by atoms with Gasteiger partial charge in [0.2, 0.25) is 11.8 Å². The highest BCUT2D eigenvalue weighted by Crippen LogP contribution is 2.20. The van der Waals surface area contributed by atoms with Crippen LogP contribution in [0.5, 0.6) is 0 Å². The standard InChI is InChI=1S/C18H22BrN3O4/c1-12(19)10-14(16(20)23)21-17(24)15-8-5-9-22(15)18(25)26-11-13-6-3-2-4-7-13/h2-4,6-7,14-15H,1,5,8-11H2,(H2,20,23)(H,21,24)/t14-,15-/m1/s1. The molecule has 8 heteroatoms. The van der Waals surface area contributed by atoms with Crippen LogP contribution < -0.4 is 11.1 Å². The van der Waals surface area contributed by atoms with Crippen LogP contribution in [0.1, 0.15) is 24.8 Å².